The fourth-order valence-electron chi connectivity index (χ4n) is 1.25. The van der Waals surface area contributed by atoms with Crippen LogP contribution in [0.5, 0.6) is 0 Å². The summed E-state index contributed by atoms with van der Waals surface area (Å²) in [6.07, 6.45) is 0.741. The molecule has 2 radical (unpaired) electrons. The van der Waals surface area contributed by atoms with Gasteiger partial charge in [-0.3, -0.25) is 4.79 Å². The summed E-state index contributed by atoms with van der Waals surface area (Å²) in [4.78, 5) is 13.0. The molecule has 0 aliphatic rings. The SMILES string of the molecule is [B]CN(C)c1cccc(CC(=O)OC)c1. The van der Waals surface area contributed by atoms with Gasteiger partial charge in [0, 0.05) is 12.7 Å². The fraction of sp³-hybridized carbons (Fsp3) is 0.364. The number of hydrogen-bond acceptors (Lipinski definition) is 3. The summed E-state index contributed by atoms with van der Waals surface area (Å²) < 4.78 is 4.60. The number of rotatable bonds is 4. The first-order chi connectivity index (χ1) is 7.17. The molecule has 0 spiro atoms. The largest absolute Gasteiger partial charge is 0.469 e. The van der Waals surface area contributed by atoms with Gasteiger partial charge in [0.1, 0.15) is 0 Å². The highest BCUT2D eigenvalue weighted by Gasteiger charge is 2.04. The smallest absolute Gasteiger partial charge is 0.309 e. The van der Waals surface area contributed by atoms with E-state index in [1.165, 1.54) is 7.11 Å². The maximum absolute atomic E-state index is 11.1. The number of anilines is 1. The molecule has 0 aliphatic heterocycles. The van der Waals surface area contributed by atoms with Crippen molar-refractivity contribution >= 4 is 19.5 Å². The Balaban J connectivity index is 2.78. The molecule has 0 saturated heterocycles. The van der Waals surface area contributed by atoms with E-state index >= 15 is 0 Å². The van der Waals surface area contributed by atoms with Gasteiger partial charge in [-0.1, -0.05) is 12.1 Å². The molecule has 0 saturated carbocycles. The molecule has 0 bridgehead atoms. The first-order valence-corrected chi connectivity index (χ1v) is 4.74. The second kappa shape index (κ2) is 5.44. The first kappa shape index (κ1) is 11.6. The van der Waals surface area contributed by atoms with Crippen LogP contribution in [0.4, 0.5) is 5.69 Å². The summed E-state index contributed by atoms with van der Waals surface area (Å²) in [5.41, 5.74) is 1.93. The fourth-order valence-corrected chi connectivity index (χ4v) is 1.25. The number of esters is 1. The van der Waals surface area contributed by atoms with Crippen LogP contribution in [0.1, 0.15) is 5.56 Å². The van der Waals surface area contributed by atoms with E-state index in [2.05, 4.69) is 4.74 Å². The van der Waals surface area contributed by atoms with Crippen LogP contribution in [0.25, 0.3) is 0 Å². The van der Waals surface area contributed by atoms with Crippen LogP contribution in [0, 0.1) is 0 Å². The Morgan fingerprint density at radius 1 is 1.53 bits per heavy atom. The minimum atomic E-state index is -0.234. The summed E-state index contributed by atoms with van der Waals surface area (Å²) in [5, 5.41) is 0. The van der Waals surface area contributed by atoms with Crippen LogP contribution in [-0.4, -0.2) is 34.4 Å². The van der Waals surface area contributed by atoms with Crippen molar-refractivity contribution in [2.75, 3.05) is 25.5 Å². The molecule has 4 heteroatoms. The van der Waals surface area contributed by atoms with Gasteiger partial charge in [0.2, 0.25) is 0 Å². The Bertz CT molecular complexity index is 341. The normalized spacial score (nSPS) is 9.73. The first-order valence-electron chi connectivity index (χ1n) is 4.74. The number of hydrogen-bond donors (Lipinski definition) is 0. The zero-order valence-electron chi connectivity index (χ0n) is 9.06. The van der Waals surface area contributed by atoms with Crippen LogP contribution in [0.2, 0.25) is 0 Å². The standard InChI is InChI=1S/C11H14BNO2/c1-13(8-12)10-5-3-4-9(6-10)7-11(14)15-2/h3-6H,7-8H2,1-2H3. The molecular weight excluding hydrogens is 189 g/mol. The highest BCUT2D eigenvalue weighted by molar-refractivity contribution is 6.10. The molecule has 0 N–H and O–H groups in total. The summed E-state index contributed by atoms with van der Waals surface area (Å²) in [6, 6.07) is 7.68. The lowest BCUT2D eigenvalue weighted by Crippen LogP contribution is -2.18. The third-order valence-electron chi connectivity index (χ3n) is 2.20. The third kappa shape index (κ3) is 3.31. The van der Waals surface area contributed by atoms with Crippen molar-refractivity contribution in [1.82, 2.24) is 0 Å². The lowest BCUT2D eigenvalue weighted by Gasteiger charge is -2.17. The molecule has 0 fully saturated rings. The van der Waals surface area contributed by atoms with Crippen molar-refractivity contribution in [3.05, 3.63) is 29.8 Å². The van der Waals surface area contributed by atoms with Gasteiger partial charge in [-0.05, 0) is 24.1 Å². The average molecular weight is 203 g/mol. The van der Waals surface area contributed by atoms with Gasteiger partial charge in [-0.15, -0.1) is 0 Å². The van der Waals surface area contributed by atoms with Crippen LogP contribution < -0.4 is 4.90 Å². The molecule has 78 valence electrons. The van der Waals surface area contributed by atoms with E-state index in [4.69, 9.17) is 7.85 Å². The molecular formula is C11H14BNO2. The quantitative estimate of drug-likeness (QED) is 0.539. The van der Waals surface area contributed by atoms with Gasteiger partial charge in [0.05, 0.1) is 21.4 Å². The Morgan fingerprint density at radius 2 is 2.27 bits per heavy atom. The van der Waals surface area contributed by atoms with E-state index < -0.39 is 0 Å². The minimum Gasteiger partial charge on any atom is -0.469 e. The molecule has 1 rings (SSSR count). The molecule has 0 unspecified atom stereocenters. The number of carbonyl (C=O) groups excluding carboxylic acids is 1. The molecule has 1 aromatic rings. The lowest BCUT2D eigenvalue weighted by atomic mass is 10.1. The zero-order valence-corrected chi connectivity index (χ0v) is 9.06. The van der Waals surface area contributed by atoms with Crippen LogP contribution >= 0.6 is 0 Å². The van der Waals surface area contributed by atoms with Crippen molar-refractivity contribution < 1.29 is 9.53 Å². The number of ether oxygens (including phenoxy) is 1. The van der Waals surface area contributed by atoms with Gasteiger partial charge in [-0.2, -0.15) is 0 Å². The Labute approximate surface area is 91.4 Å². The monoisotopic (exact) mass is 203 g/mol. The molecule has 0 aromatic heterocycles. The lowest BCUT2D eigenvalue weighted by molar-refractivity contribution is -0.139. The molecule has 0 heterocycles. The maximum Gasteiger partial charge on any atom is 0.309 e. The Kier molecular flexibility index (Phi) is 4.22. The van der Waals surface area contributed by atoms with Crippen LogP contribution in [0.3, 0.4) is 0 Å². The summed E-state index contributed by atoms with van der Waals surface area (Å²) in [6.45, 7) is 0. The Morgan fingerprint density at radius 3 is 2.87 bits per heavy atom. The van der Waals surface area contributed by atoms with Gasteiger partial charge >= 0.3 is 5.97 Å². The molecule has 1 aromatic carbocycles. The summed E-state index contributed by atoms with van der Waals surface area (Å²) in [7, 11) is 8.80. The van der Waals surface area contributed by atoms with Gasteiger partial charge in [-0.25, -0.2) is 0 Å². The second-order valence-corrected chi connectivity index (χ2v) is 3.30. The Hall–Kier alpha value is -1.45. The van der Waals surface area contributed by atoms with E-state index in [-0.39, 0.29) is 5.97 Å². The highest BCUT2D eigenvalue weighted by Crippen LogP contribution is 2.14. The number of benzene rings is 1. The molecule has 0 aliphatic carbocycles. The van der Waals surface area contributed by atoms with Gasteiger partial charge < -0.3 is 9.64 Å². The predicted octanol–water partition coefficient (Wildman–Crippen LogP) is 0.964. The maximum atomic E-state index is 11.1. The molecule has 0 amide bonds. The number of nitrogens with zero attached hydrogens (tertiary/aromatic N) is 1. The predicted molar refractivity (Wildman–Crippen MR) is 61.2 cm³/mol. The minimum absolute atomic E-state index is 0.234. The molecule has 15 heavy (non-hydrogen) atoms. The summed E-state index contributed by atoms with van der Waals surface area (Å²) >= 11 is 0. The van der Waals surface area contributed by atoms with Crippen molar-refractivity contribution in [2.24, 2.45) is 0 Å². The van der Waals surface area contributed by atoms with E-state index in [0.717, 1.165) is 11.3 Å². The topological polar surface area (TPSA) is 29.5 Å². The van der Waals surface area contributed by atoms with E-state index in [0.29, 0.717) is 12.9 Å². The van der Waals surface area contributed by atoms with Gasteiger partial charge in [0.15, 0.2) is 0 Å². The highest BCUT2D eigenvalue weighted by atomic mass is 16.5. The van der Waals surface area contributed by atoms with E-state index in [1.54, 1.807) is 0 Å². The van der Waals surface area contributed by atoms with Crippen molar-refractivity contribution in [1.29, 1.82) is 0 Å². The van der Waals surface area contributed by atoms with Crippen LogP contribution in [0.15, 0.2) is 24.3 Å². The van der Waals surface area contributed by atoms with Crippen molar-refractivity contribution in [3.8, 4) is 0 Å². The van der Waals surface area contributed by atoms with Crippen molar-refractivity contribution in [2.45, 2.75) is 6.42 Å². The third-order valence-corrected chi connectivity index (χ3v) is 2.20. The van der Waals surface area contributed by atoms with E-state index in [9.17, 15) is 4.79 Å². The number of carbonyl (C=O) groups is 1. The van der Waals surface area contributed by atoms with Crippen LogP contribution in [-0.2, 0) is 16.0 Å². The molecule has 0 atom stereocenters. The van der Waals surface area contributed by atoms with Crippen molar-refractivity contribution in [3.63, 3.8) is 0 Å². The van der Waals surface area contributed by atoms with E-state index in [1.807, 2.05) is 36.2 Å². The second-order valence-electron chi connectivity index (χ2n) is 3.30. The van der Waals surface area contributed by atoms with Gasteiger partial charge in [0.25, 0.3) is 0 Å². The summed E-state index contributed by atoms with van der Waals surface area (Å²) in [5.74, 6) is -0.234. The zero-order chi connectivity index (χ0) is 11.3. The molecule has 3 nitrogen and oxygen atoms in total. The average Bonchev–Trinajstić information content (AvgIpc) is 2.28. The number of methoxy groups -OCH3 is 1.